The van der Waals surface area contributed by atoms with Crippen LogP contribution >= 0.6 is 0 Å². The Bertz CT molecular complexity index is 464. The zero-order valence-electron chi connectivity index (χ0n) is 7.36. The van der Waals surface area contributed by atoms with Gasteiger partial charge in [0.15, 0.2) is 12.0 Å². The van der Waals surface area contributed by atoms with Gasteiger partial charge in [0, 0.05) is 0 Å². The van der Waals surface area contributed by atoms with Gasteiger partial charge in [0.1, 0.15) is 5.52 Å². The van der Waals surface area contributed by atoms with Gasteiger partial charge in [-0.2, -0.15) is 0 Å². The molecule has 0 spiro atoms. The first-order valence-electron chi connectivity index (χ1n) is 4.11. The summed E-state index contributed by atoms with van der Waals surface area (Å²) in [7, 11) is 0. The number of nitrogens with one attached hydrogen (secondary N) is 1. The Hall–Kier alpha value is -1.88. The van der Waals surface area contributed by atoms with E-state index < -0.39 is 0 Å². The average Bonchev–Trinajstić information content (AvgIpc) is 2.64. The SMILES string of the molecule is NNC(=O)Cc1ccc2ocnc2c1. The van der Waals surface area contributed by atoms with E-state index in [4.69, 9.17) is 10.3 Å². The molecule has 0 unspecified atom stereocenters. The number of nitrogens with two attached hydrogens (primary N) is 1. The molecule has 0 aliphatic rings. The van der Waals surface area contributed by atoms with E-state index in [1.165, 1.54) is 6.39 Å². The van der Waals surface area contributed by atoms with E-state index in [1.54, 1.807) is 12.1 Å². The third-order valence-corrected chi connectivity index (χ3v) is 1.92. The van der Waals surface area contributed by atoms with Gasteiger partial charge < -0.3 is 4.42 Å². The molecule has 5 heteroatoms. The smallest absolute Gasteiger partial charge is 0.238 e. The quantitative estimate of drug-likeness (QED) is 0.408. The minimum Gasteiger partial charge on any atom is -0.443 e. The number of oxazole rings is 1. The van der Waals surface area contributed by atoms with E-state index in [9.17, 15) is 4.79 Å². The second kappa shape index (κ2) is 3.47. The molecule has 1 heterocycles. The Kier molecular flexibility index (Phi) is 2.16. The van der Waals surface area contributed by atoms with Crippen molar-refractivity contribution in [2.75, 3.05) is 0 Å². The van der Waals surface area contributed by atoms with Gasteiger partial charge in [-0.15, -0.1) is 0 Å². The molecule has 1 aromatic heterocycles. The van der Waals surface area contributed by atoms with Gasteiger partial charge >= 0.3 is 0 Å². The van der Waals surface area contributed by atoms with Crippen molar-refractivity contribution in [2.45, 2.75) is 6.42 Å². The maximum absolute atomic E-state index is 11.0. The number of benzene rings is 1. The predicted octanol–water partition coefficient (Wildman–Crippen LogP) is 0.360. The molecule has 0 atom stereocenters. The fraction of sp³-hybridized carbons (Fsp3) is 0.111. The van der Waals surface area contributed by atoms with Crippen molar-refractivity contribution < 1.29 is 9.21 Å². The molecule has 3 N–H and O–H groups in total. The molecule has 0 aliphatic carbocycles. The third-order valence-electron chi connectivity index (χ3n) is 1.92. The highest BCUT2D eigenvalue weighted by molar-refractivity contribution is 5.80. The molecule has 0 aliphatic heterocycles. The predicted molar refractivity (Wildman–Crippen MR) is 50.0 cm³/mol. The minimum atomic E-state index is -0.229. The molecule has 1 aromatic carbocycles. The highest BCUT2D eigenvalue weighted by Crippen LogP contribution is 2.14. The fourth-order valence-corrected chi connectivity index (χ4v) is 1.25. The maximum Gasteiger partial charge on any atom is 0.238 e. The van der Waals surface area contributed by atoms with Crippen LogP contribution in [0.1, 0.15) is 5.56 Å². The molecule has 0 bridgehead atoms. The summed E-state index contributed by atoms with van der Waals surface area (Å²) in [6, 6.07) is 5.39. The standard InChI is InChI=1S/C9H9N3O2/c10-12-9(13)4-6-1-2-8-7(3-6)11-5-14-8/h1-3,5H,4,10H2,(H,12,13). The van der Waals surface area contributed by atoms with Crippen molar-refractivity contribution in [2.24, 2.45) is 5.84 Å². The van der Waals surface area contributed by atoms with Crippen LogP contribution in [0.2, 0.25) is 0 Å². The Morgan fingerprint density at radius 2 is 2.43 bits per heavy atom. The summed E-state index contributed by atoms with van der Waals surface area (Å²) in [4.78, 5) is 15.0. The summed E-state index contributed by atoms with van der Waals surface area (Å²) in [5.41, 5.74) is 4.38. The second-order valence-electron chi connectivity index (χ2n) is 2.90. The van der Waals surface area contributed by atoms with Crippen LogP contribution in [0.4, 0.5) is 0 Å². The minimum absolute atomic E-state index is 0.229. The summed E-state index contributed by atoms with van der Waals surface area (Å²) < 4.78 is 5.07. The second-order valence-corrected chi connectivity index (χ2v) is 2.90. The zero-order chi connectivity index (χ0) is 9.97. The van der Waals surface area contributed by atoms with Gasteiger partial charge in [0.2, 0.25) is 5.91 Å². The molecule has 0 saturated carbocycles. The molecule has 5 nitrogen and oxygen atoms in total. The lowest BCUT2D eigenvalue weighted by Crippen LogP contribution is -2.31. The number of aromatic nitrogens is 1. The number of hydrogen-bond donors (Lipinski definition) is 2. The fourth-order valence-electron chi connectivity index (χ4n) is 1.25. The summed E-state index contributed by atoms with van der Waals surface area (Å²) >= 11 is 0. The number of carbonyl (C=O) groups is 1. The highest BCUT2D eigenvalue weighted by Gasteiger charge is 2.03. The van der Waals surface area contributed by atoms with Crippen molar-refractivity contribution in [1.29, 1.82) is 0 Å². The van der Waals surface area contributed by atoms with E-state index in [2.05, 4.69) is 10.4 Å². The van der Waals surface area contributed by atoms with E-state index in [0.29, 0.717) is 5.58 Å². The van der Waals surface area contributed by atoms with Gasteiger partial charge in [0.05, 0.1) is 6.42 Å². The summed E-state index contributed by atoms with van der Waals surface area (Å²) in [6.45, 7) is 0. The molecule has 0 saturated heterocycles. The summed E-state index contributed by atoms with van der Waals surface area (Å²) in [5.74, 6) is 4.75. The molecule has 0 fully saturated rings. The van der Waals surface area contributed by atoms with Crippen LogP contribution in [-0.4, -0.2) is 10.9 Å². The Morgan fingerprint density at radius 1 is 1.57 bits per heavy atom. The third kappa shape index (κ3) is 1.57. The Balaban J connectivity index is 2.30. The van der Waals surface area contributed by atoms with Crippen LogP contribution in [0.25, 0.3) is 11.1 Å². The summed E-state index contributed by atoms with van der Waals surface area (Å²) in [5, 5.41) is 0. The van der Waals surface area contributed by atoms with Gasteiger partial charge in [-0.25, -0.2) is 10.8 Å². The van der Waals surface area contributed by atoms with E-state index in [-0.39, 0.29) is 12.3 Å². The van der Waals surface area contributed by atoms with Crippen LogP contribution in [0.3, 0.4) is 0 Å². The van der Waals surface area contributed by atoms with Crippen LogP contribution in [0, 0.1) is 0 Å². The molecule has 2 aromatic rings. The zero-order valence-corrected chi connectivity index (χ0v) is 7.36. The number of rotatable bonds is 2. The number of hydrazine groups is 1. The number of carbonyl (C=O) groups excluding carboxylic acids is 1. The molecule has 14 heavy (non-hydrogen) atoms. The molecule has 2 rings (SSSR count). The first-order chi connectivity index (χ1) is 6.79. The number of fused-ring (bicyclic) bond motifs is 1. The van der Waals surface area contributed by atoms with Crippen molar-refractivity contribution in [3.63, 3.8) is 0 Å². The van der Waals surface area contributed by atoms with E-state index in [1.807, 2.05) is 6.07 Å². The van der Waals surface area contributed by atoms with Gasteiger partial charge in [0.25, 0.3) is 0 Å². The highest BCUT2D eigenvalue weighted by atomic mass is 16.3. The number of hydrogen-bond acceptors (Lipinski definition) is 4. The Labute approximate surface area is 79.9 Å². The van der Waals surface area contributed by atoms with Crippen LogP contribution in [-0.2, 0) is 11.2 Å². The maximum atomic E-state index is 11.0. The normalized spacial score (nSPS) is 10.4. The molecular weight excluding hydrogens is 182 g/mol. The number of nitrogens with zero attached hydrogens (tertiary/aromatic N) is 1. The van der Waals surface area contributed by atoms with Gasteiger partial charge in [-0.3, -0.25) is 10.2 Å². The molecule has 0 radical (unpaired) electrons. The van der Waals surface area contributed by atoms with Crippen LogP contribution < -0.4 is 11.3 Å². The van der Waals surface area contributed by atoms with Gasteiger partial charge in [-0.05, 0) is 17.7 Å². The summed E-state index contributed by atoms with van der Waals surface area (Å²) in [6.07, 6.45) is 1.62. The van der Waals surface area contributed by atoms with Crippen LogP contribution in [0.15, 0.2) is 29.0 Å². The van der Waals surface area contributed by atoms with Crippen molar-refractivity contribution in [1.82, 2.24) is 10.4 Å². The van der Waals surface area contributed by atoms with Crippen molar-refractivity contribution in [3.05, 3.63) is 30.2 Å². The average molecular weight is 191 g/mol. The topological polar surface area (TPSA) is 81.1 Å². The van der Waals surface area contributed by atoms with E-state index >= 15 is 0 Å². The van der Waals surface area contributed by atoms with E-state index in [0.717, 1.165) is 11.1 Å². The lowest BCUT2D eigenvalue weighted by atomic mass is 10.1. The molecule has 1 amide bonds. The molecule has 72 valence electrons. The van der Waals surface area contributed by atoms with Gasteiger partial charge in [-0.1, -0.05) is 6.07 Å². The largest absolute Gasteiger partial charge is 0.443 e. The van der Waals surface area contributed by atoms with Crippen molar-refractivity contribution in [3.8, 4) is 0 Å². The monoisotopic (exact) mass is 191 g/mol. The van der Waals surface area contributed by atoms with Crippen LogP contribution in [0.5, 0.6) is 0 Å². The first-order valence-corrected chi connectivity index (χ1v) is 4.11. The lowest BCUT2D eigenvalue weighted by Gasteiger charge is -1.98. The molecular formula is C9H9N3O2. The lowest BCUT2D eigenvalue weighted by molar-refractivity contribution is -0.120. The Morgan fingerprint density at radius 3 is 3.21 bits per heavy atom. The number of amides is 1. The first kappa shape index (κ1) is 8.71. The van der Waals surface area contributed by atoms with Crippen molar-refractivity contribution >= 4 is 17.0 Å².